The Bertz CT molecular complexity index is 175. The van der Waals surface area contributed by atoms with Crippen molar-refractivity contribution in [2.75, 3.05) is 6.61 Å². The molecule has 1 aliphatic rings. The minimum Gasteiger partial charge on any atom is -0.466 e. The van der Waals surface area contributed by atoms with Crippen LogP contribution in [0.2, 0.25) is 0 Å². The number of hydrogen-bond donors (Lipinski definition) is 0. The van der Waals surface area contributed by atoms with Gasteiger partial charge in [0.2, 0.25) is 0 Å². The summed E-state index contributed by atoms with van der Waals surface area (Å²) in [7, 11) is 0. The Morgan fingerprint density at radius 3 is 2.69 bits per heavy atom. The molecule has 0 radical (unpaired) electrons. The summed E-state index contributed by atoms with van der Waals surface area (Å²) in [4.78, 5) is 11.5. The van der Waals surface area contributed by atoms with Gasteiger partial charge in [-0.15, -0.1) is 0 Å². The molecule has 0 amide bonds. The van der Waals surface area contributed by atoms with Crippen LogP contribution in [-0.2, 0) is 9.53 Å². The molecule has 0 aromatic rings. The van der Waals surface area contributed by atoms with Crippen molar-refractivity contribution in [3.63, 3.8) is 0 Å². The summed E-state index contributed by atoms with van der Waals surface area (Å²) in [5, 5.41) is 0. The molecule has 0 saturated heterocycles. The lowest BCUT2D eigenvalue weighted by Gasteiger charge is -2.21. The van der Waals surface area contributed by atoms with Gasteiger partial charge in [0, 0.05) is 0 Å². The molecule has 0 aromatic carbocycles. The molecule has 1 rings (SSSR count). The minimum atomic E-state index is 0.0266. The van der Waals surface area contributed by atoms with E-state index in [4.69, 9.17) is 4.74 Å². The summed E-state index contributed by atoms with van der Waals surface area (Å²) < 4.78 is 5.07. The van der Waals surface area contributed by atoms with Crippen molar-refractivity contribution < 1.29 is 9.53 Å². The van der Waals surface area contributed by atoms with Gasteiger partial charge in [-0.25, -0.2) is 0 Å². The number of rotatable bonds is 3. The van der Waals surface area contributed by atoms with Crippen molar-refractivity contribution in [2.45, 2.75) is 40.0 Å². The van der Waals surface area contributed by atoms with Gasteiger partial charge in [-0.05, 0) is 31.6 Å². The van der Waals surface area contributed by atoms with E-state index in [2.05, 4.69) is 13.8 Å². The van der Waals surface area contributed by atoms with Crippen molar-refractivity contribution in [2.24, 2.45) is 17.8 Å². The fourth-order valence-corrected chi connectivity index (χ4v) is 2.33. The highest BCUT2D eigenvalue weighted by atomic mass is 16.5. The van der Waals surface area contributed by atoms with Gasteiger partial charge in [0.15, 0.2) is 0 Å². The fraction of sp³-hybridized carbons (Fsp3) is 0.909. The Hall–Kier alpha value is -0.530. The Morgan fingerprint density at radius 2 is 2.15 bits per heavy atom. The first-order valence-corrected chi connectivity index (χ1v) is 5.33. The zero-order chi connectivity index (χ0) is 9.84. The average molecular weight is 184 g/mol. The summed E-state index contributed by atoms with van der Waals surface area (Å²) >= 11 is 0. The van der Waals surface area contributed by atoms with Crippen molar-refractivity contribution in [1.82, 2.24) is 0 Å². The number of ether oxygens (including phenoxy) is 1. The molecule has 1 saturated carbocycles. The molecule has 0 bridgehead atoms. The van der Waals surface area contributed by atoms with E-state index in [1.54, 1.807) is 0 Å². The van der Waals surface area contributed by atoms with E-state index in [0.717, 1.165) is 6.42 Å². The van der Waals surface area contributed by atoms with Crippen LogP contribution in [0.3, 0.4) is 0 Å². The molecular weight excluding hydrogens is 164 g/mol. The first-order valence-electron chi connectivity index (χ1n) is 5.33. The third-order valence-corrected chi connectivity index (χ3v) is 3.02. The molecule has 0 aromatic heterocycles. The highest BCUT2D eigenvalue weighted by Gasteiger charge is 2.35. The quantitative estimate of drug-likeness (QED) is 0.630. The molecule has 0 heterocycles. The zero-order valence-electron chi connectivity index (χ0n) is 8.88. The lowest BCUT2D eigenvalue weighted by Crippen LogP contribution is -2.24. The SMILES string of the molecule is CCOC(=O)C1CCCC1C(C)C. The van der Waals surface area contributed by atoms with Crippen LogP contribution < -0.4 is 0 Å². The average Bonchev–Trinajstić information content (AvgIpc) is 2.52. The van der Waals surface area contributed by atoms with Crippen LogP contribution in [0, 0.1) is 17.8 Å². The van der Waals surface area contributed by atoms with Gasteiger partial charge in [0.25, 0.3) is 0 Å². The Balaban J connectivity index is 2.52. The third-order valence-electron chi connectivity index (χ3n) is 3.02. The summed E-state index contributed by atoms with van der Waals surface area (Å²) in [6, 6.07) is 0. The van der Waals surface area contributed by atoms with E-state index < -0.39 is 0 Å². The molecule has 2 heteroatoms. The topological polar surface area (TPSA) is 26.3 Å². The number of carbonyl (C=O) groups excluding carboxylic acids is 1. The van der Waals surface area contributed by atoms with Crippen LogP contribution in [0.5, 0.6) is 0 Å². The van der Waals surface area contributed by atoms with E-state index in [1.165, 1.54) is 12.8 Å². The largest absolute Gasteiger partial charge is 0.466 e. The van der Waals surface area contributed by atoms with Crippen LogP contribution >= 0.6 is 0 Å². The summed E-state index contributed by atoms with van der Waals surface area (Å²) in [6.07, 6.45) is 3.41. The molecule has 76 valence electrons. The van der Waals surface area contributed by atoms with E-state index in [1.807, 2.05) is 6.92 Å². The van der Waals surface area contributed by atoms with Gasteiger partial charge >= 0.3 is 5.97 Å². The Kier molecular flexibility index (Phi) is 3.76. The van der Waals surface area contributed by atoms with Gasteiger partial charge in [-0.2, -0.15) is 0 Å². The molecule has 1 aliphatic carbocycles. The first kappa shape index (κ1) is 10.6. The Labute approximate surface area is 80.7 Å². The molecule has 1 fully saturated rings. The maximum Gasteiger partial charge on any atom is 0.309 e. The number of hydrogen-bond acceptors (Lipinski definition) is 2. The second-order valence-corrected chi connectivity index (χ2v) is 4.20. The van der Waals surface area contributed by atoms with Gasteiger partial charge in [-0.3, -0.25) is 4.79 Å². The maximum absolute atomic E-state index is 11.5. The molecule has 13 heavy (non-hydrogen) atoms. The van der Waals surface area contributed by atoms with Crippen molar-refractivity contribution in [1.29, 1.82) is 0 Å². The van der Waals surface area contributed by atoms with Gasteiger partial charge in [0.1, 0.15) is 0 Å². The number of esters is 1. The smallest absolute Gasteiger partial charge is 0.309 e. The Morgan fingerprint density at radius 1 is 1.46 bits per heavy atom. The van der Waals surface area contributed by atoms with Crippen LogP contribution in [0.15, 0.2) is 0 Å². The van der Waals surface area contributed by atoms with Crippen LogP contribution in [0.4, 0.5) is 0 Å². The summed E-state index contributed by atoms with van der Waals surface area (Å²) in [5.41, 5.74) is 0. The highest BCUT2D eigenvalue weighted by Crippen LogP contribution is 2.37. The summed E-state index contributed by atoms with van der Waals surface area (Å²) in [6.45, 7) is 6.78. The van der Waals surface area contributed by atoms with Crippen LogP contribution in [0.1, 0.15) is 40.0 Å². The monoisotopic (exact) mass is 184 g/mol. The molecule has 2 atom stereocenters. The van der Waals surface area contributed by atoms with Crippen molar-refractivity contribution in [3.05, 3.63) is 0 Å². The minimum absolute atomic E-state index is 0.0266. The number of carbonyl (C=O) groups is 1. The lowest BCUT2D eigenvalue weighted by molar-refractivity contribution is -0.149. The van der Waals surface area contributed by atoms with Crippen molar-refractivity contribution in [3.8, 4) is 0 Å². The van der Waals surface area contributed by atoms with Crippen LogP contribution in [-0.4, -0.2) is 12.6 Å². The lowest BCUT2D eigenvalue weighted by atomic mass is 9.86. The standard InChI is InChI=1S/C11H20O2/c1-4-13-11(12)10-7-5-6-9(10)8(2)3/h8-10H,4-7H2,1-3H3. The molecule has 2 nitrogen and oxygen atoms in total. The normalized spacial score (nSPS) is 28.0. The maximum atomic E-state index is 11.5. The summed E-state index contributed by atoms with van der Waals surface area (Å²) in [5.74, 6) is 1.37. The van der Waals surface area contributed by atoms with E-state index in [-0.39, 0.29) is 11.9 Å². The molecule has 2 unspecified atom stereocenters. The molecule has 0 N–H and O–H groups in total. The molecular formula is C11H20O2. The van der Waals surface area contributed by atoms with E-state index in [0.29, 0.717) is 18.4 Å². The van der Waals surface area contributed by atoms with Crippen LogP contribution in [0.25, 0.3) is 0 Å². The second-order valence-electron chi connectivity index (χ2n) is 4.20. The fourth-order valence-electron chi connectivity index (χ4n) is 2.33. The van der Waals surface area contributed by atoms with Crippen molar-refractivity contribution >= 4 is 5.97 Å². The predicted molar refractivity (Wildman–Crippen MR) is 52.3 cm³/mol. The third kappa shape index (κ3) is 2.45. The van der Waals surface area contributed by atoms with E-state index >= 15 is 0 Å². The molecule has 0 spiro atoms. The van der Waals surface area contributed by atoms with Gasteiger partial charge in [-0.1, -0.05) is 20.3 Å². The second kappa shape index (κ2) is 4.64. The van der Waals surface area contributed by atoms with Gasteiger partial charge in [0.05, 0.1) is 12.5 Å². The van der Waals surface area contributed by atoms with Gasteiger partial charge < -0.3 is 4.74 Å². The highest BCUT2D eigenvalue weighted by molar-refractivity contribution is 5.73. The first-order chi connectivity index (χ1) is 6.16. The molecule has 0 aliphatic heterocycles. The predicted octanol–water partition coefficient (Wildman–Crippen LogP) is 2.62. The zero-order valence-corrected chi connectivity index (χ0v) is 8.88. The van der Waals surface area contributed by atoms with E-state index in [9.17, 15) is 4.79 Å².